The highest BCUT2D eigenvalue weighted by atomic mass is 16.3. The standard InChI is InChI=1S/C19H24N2O2/c1-2-3-6-11-21-13-19(14-22,15-7-4-5-8-17(15)21)16-12-20-10-9-18(16)23/h4-5,7-10,12,22H,2-3,6,11,13-14H2,1H3,(H,20,23). The van der Waals surface area contributed by atoms with Gasteiger partial charge in [-0.1, -0.05) is 38.0 Å². The van der Waals surface area contributed by atoms with Crippen LogP contribution in [0.5, 0.6) is 0 Å². The zero-order chi connectivity index (χ0) is 16.3. The van der Waals surface area contributed by atoms with Gasteiger partial charge in [-0.25, -0.2) is 0 Å². The van der Waals surface area contributed by atoms with Gasteiger partial charge in [-0.15, -0.1) is 0 Å². The second-order valence-corrected chi connectivity index (χ2v) is 6.31. The number of aliphatic hydroxyl groups excluding tert-OH is 1. The zero-order valence-electron chi connectivity index (χ0n) is 13.6. The fraction of sp³-hybridized carbons (Fsp3) is 0.421. The molecule has 23 heavy (non-hydrogen) atoms. The van der Waals surface area contributed by atoms with Gasteiger partial charge in [0.05, 0.1) is 12.0 Å². The third kappa shape index (κ3) is 2.68. The summed E-state index contributed by atoms with van der Waals surface area (Å²) in [5, 5.41) is 10.3. The summed E-state index contributed by atoms with van der Waals surface area (Å²) in [5.41, 5.74) is 2.17. The van der Waals surface area contributed by atoms with Crippen LogP contribution in [0.3, 0.4) is 0 Å². The highest BCUT2D eigenvalue weighted by molar-refractivity contribution is 5.66. The Kier molecular flexibility index (Phi) is 4.53. The number of unbranched alkanes of at least 4 members (excludes halogenated alkanes) is 2. The molecule has 1 aliphatic rings. The van der Waals surface area contributed by atoms with Gasteiger partial charge in [0, 0.05) is 42.8 Å². The summed E-state index contributed by atoms with van der Waals surface area (Å²) in [5.74, 6) is 0. The van der Waals surface area contributed by atoms with Crippen LogP contribution in [0.15, 0.2) is 47.5 Å². The second kappa shape index (κ2) is 6.59. The first kappa shape index (κ1) is 15.8. The van der Waals surface area contributed by atoms with Gasteiger partial charge in [-0.3, -0.25) is 4.79 Å². The maximum absolute atomic E-state index is 12.4. The molecule has 2 heterocycles. The molecule has 0 fully saturated rings. The first-order chi connectivity index (χ1) is 11.2. The molecule has 1 aromatic heterocycles. The third-order valence-corrected chi connectivity index (χ3v) is 4.86. The molecule has 0 bridgehead atoms. The van der Waals surface area contributed by atoms with Crippen molar-refractivity contribution in [2.75, 3.05) is 24.6 Å². The average Bonchev–Trinajstić information content (AvgIpc) is 2.91. The molecule has 0 spiro atoms. The Hall–Kier alpha value is -2.07. The lowest BCUT2D eigenvalue weighted by molar-refractivity contribution is 0.227. The number of aromatic nitrogens is 1. The number of para-hydroxylation sites is 1. The van der Waals surface area contributed by atoms with E-state index < -0.39 is 5.41 Å². The average molecular weight is 312 g/mol. The normalized spacial score (nSPS) is 19.8. The lowest BCUT2D eigenvalue weighted by Gasteiger charge is -2.28. The largest absolute Gasteiger partial charge is 0.395 e. The Morgan fingerprint density at radius 1 is 1.22 bits per heavy atom. The number of anilines is 1. The maximum Gasteiger partial charge on any atom is 0.185 e. The van der Waals surface area contributed by atoms with Gasteiger partial charge in [0.1, 0.15) is 0 Å². The van der Waals surface area contributed by atoms with Gasteiger partial charge in [-0.05, 0) is 18.1 Å². The second-order valence-electron chi connectivity index (χ2n) is 6.31. The van der Waals surface area contributed by atoms with Crippen molar-refractivity contribution in [1.82, 2.24) is 4.98 Å². The SMILES string of the molecule is CCCCCN1CC(CO)(c2c[nH]ccc2=O)c2ccccc21. The molecule has 0 amide bonds. The molecule has 3 rings (SSSR count). The first-order valence-electron chi connectivity index (χ1n) is 8.36. The molecule has 122 valence electrons. The van der Waals surface area contributed by atoms with Gasteiger partial charge in [-0.2, -0.15) is 0 Å². The Labute approximate surface area is 136 Å². The quantitative estimate of drug-likeness (QED) is 0.806. The van der Waals surface area contributed by atoms with E-state index in [9.17, 15) is 9.90 Å². The van der Waals surface area contributed by atoms with E-state index in [0.29, 0.717) is 12.1 Å². The fourth-order valence-corrected chi connectivity index (χ4v) is 3.64. The zero-order valence-corrected chi connectivity index (χ0v) is 13.6. The lowest BCUT2D eigenvalue weighted by atomic mass is 9.77. The maximum atomic E-state index is 12.4. The predicted molar refractivity (Wildman–Crippen MR) is 93.1 cm³/mol. The smallest absolute Gasteiger partial charge is 0.185 e. The number of hydrogen-bond donors (Lipinski definition) is 2. The number of nitrogens with zero attached hydrogens (tertiary/aromatic N) is 1. The number of pyridine rings is 1. The molecule has 2 aromatic rings. The molecule has 1 unspecified atom stereocenters. The van der Waals surface area contributed by atoms with Crippen LogP contribution in [0.25, 0.3) is 0 Å². The first-order valence-corrected chi connectivity index (χ1v) is 8.36. The van der Waals surface area contributed by atoms with Crippen LogP contribution in [0.4, 0.5) is 5.69 Å². The van der Waals surface area contributed by atoms with E-state index in [4.69, 9.17) is 0 Å². The molecule has 0 radical (unpaired) electrons. The van der Waals surface area contributed by atoms with Crippen LogP contribution in [0.1, 0.15) is 37.3 Å². The Morgan fingerprint density at radius 2 is 2.04 bits per heavy atom. The summed E-state index contributed by atoms with van der Waals surface area (Å²) >= 11 is 0. The van der Waals surface area contributed by atoms with Crippen LogP contribution in [-0.2, 0) is 5.41 Å². The summed E-state index contributed by atoms with van der Waals surface area (Å²) in [6.07, 6.45) is 6.87. The molecule has 0 saturated carbocycles. The Morgan fingerprint density at radius 3 is 2.78 bits per heavy atom. The minimum Gasteiger partial charge on any atom is -0.395 e. The van der Waals surface area contributed by atoms with E-state index in [-0.39, 0.29) is 12.0 Å². The number of H-pyrrole nitrogens is 1. The van der Waals surface area contributed by atoms with Crippen molar-refractivity contribution in [3.8, 4) is 0 Å². The van der Waals surface area contributed by atoms with E-state index in [1.165, 1.54) is 18.9 Å². The number of aromatic amines is 1. The minimum absolute atomic E-state index is 0.0250. The Bertz CT molecular complexity index is 725. The number of hydrogen-bond acceptors (Lipinski definition) is 3. The highest BCUT2D eigenvalue weighted by Crippen LogP contribution is 2.43. The van der Waals surface area contributed by atoms with Crippen molar-refractivity contribution in [3.05, 3.63) is 64.1 Å². The molecular weight excluding hydrogens is 288 g/mol. The van der Waals surface area contributed by atoms with Crippen molar-refractivity contribution in [1.29, 1.82) is 0 Å². The van der Waals surface area contributed by atoms with Crippen molar-refractivity contribution in [3.63, 3.8) is 0 Å². The lowest BCUT2D eigenvalue weighted by Crippen LogP contribution is -2.41. The van der Waals surface area contributed by atoms with Crippen LogP contribution in [0, 0.1) is 0 Å². The number of benzene rings is 1. The van der Waals surface area contributed by atoms with E-state index in [2.05, 4.69) is 22.9 Å². The highest BCUT2D eigenvalue weighted by Gasteiger charge is 2.44. The monoisotopic (exact) mass is 312 g/mol. The van der Waals surface area contributed by atoms with Crippen LogP contribution in [-0.4, -0.2) is 29.8 Å². The number of rotatable bonds is 6. The minimum atomic E-state index is -0.641. The molecule has 2 N–H and O–H groups in total. The molecule has 4 heteroatoms. The fourth-order valence-electron chi connectivity index (χ4n) is 3.64. The molecule has 4 nitrogen and oxygen atoms in total. The molecule has 0 aliphatic carbocycles. The summed E-state index contributed by atoms with van der Waals surface area (Å²) in [4.78, 5) is 17.7. The molecule has 0 saturated heterocycles. The number of aliphatic hydroxyl groups is 1. The Balaban J connectivity index is 2.05. The predicted octanol–water partition coefficient (Wildman–Crippen LogP) is 2.66. The van der Waals surface area contributed by atoms with Crippen molar-refractivity contribution >= 4 is 5.69 Å². The molecule has 1 atom stereocenters. The van der Waals surface area contributed by atoms with Gasteiger partial charge in [0.25, 0.3) is 0 Å². The molecular formula is C19H24N2O2. The van der Waals surface area contributed by atoms with E-state index in [0.717, 1.165) is 24.2 Å². The van der Waals surface area contributed by atoms with Crippen molar-refractivity contribution < 1.29 is 5.11 Å². The van der Waals surface area contributed by atoms with Gasteiger partial charge >= 0.3 is 0 Å². The van der Waals surface area contributed by atoms with E-state index >= 15 is 0 Å². The number of fused-ring (bicyclic) bond motifs is 1. The van der Waals surface area contributed by atoms with Crippen LogP contribution >= 0.6 is 0 Å². The van der Waals surface area contributed by atoms with Crippen LogP contribution < -0.4 is 10.3 Å². The van der Waals surface area contributed by atoms with Gasteiger partial charge < -0.3 is 15.0 Å². The third-order valence-electron chi connectivity index (χ3n) is 4.86. The number of nitrogens with one attached hydrogen (secondary N) is 1. The van der Waals surface area contributed by atoms with Crippen LogP contribution in [0.2, 0.25) is 0 Å². The summed E-state index contributed by atoms with van der Waals surface area (Å²) in [6, 6.07) is 9.67. The molecule has 1 aromatic carbocycles. The van der Waals surface area contributed by atoms with E-state index in [1.54, 1.807) is 12.4 Å². The van der Waals surface area contributed by atoms with Crippen molar-refractivity contribution in [2.24, 2.45) is 0 Å². The summed E-state index contributed by atoms with van der Waals surface area (Å²) < 4.78 is 0. The van der Waals surface area contributed by atoms with E-state index in [1.807, 2.05) is 18.2 Å². The van der Waals surface area contributed by atoms with Gasteiger partial charge in [0.15, 0.2) is 5.43 Å². The van der Waals surface area contributed by atoms with Gasteiger partial charge in [0.2, 0.25) is 0 Å². The van der Waals surface area contributed by atoms with Crippen molar-refractivity contribution in [2.45, 2.75) is 31.6 Å². The topological polar surface area (TPSA) is 56.3 Å². The molecule has 1 aliphatic heterocycles. The summed E-state index contributed by atoms with van der Waals surface area (Å²) in [7, 11) is 0. The summed E-state index contributed by atoms with van der Waals surface area (Å²) in [6.45, 7) is 3.73.